The molecule has 158 valence electrons. The van der Waals surface area contributed by atoms with E-state index in [1.807, 2.05) is 6.92 Å². The molecule has 0 unspecified atom stereocenters. The molecule has 7 heteroatoms. The zero-order valence-corrected chi connectivity index (χ0v) is 18.4. The summed E-state index contributed by atoms with van der Waals surface area (Å²) in [6, 6.07) is 17.2. The molecule has 0 aliphatic rings. The molecule has 0 saturated carbocycles. The molecule has 0 saturated heterocycles. The molecule has 0 aromatic heterocycles. The van der Waals surface area contributed by atoms with E-state index in [-0.39, 0.29) is 5.91 Å². The van der Waals surface area contributed by atoms with Crippen LogP contribution in [0.1, 0.15) is 21.5 Å². The van der Waals surface area contributed by atoms with Crippen molar-refractivity contribution in [2.75, 3.05) is 17.7 Å². The smallest absolute Gasteiger partial charge is 0.257 e. The number of aryl methyl sites for hydroxylation is 1. The number of carbonyl (C=O) groups is 2. The first kappa shape index (κ1) is 22.4. The van der Waals surface area contributed by atoms with Crippen molar-refractivity contribution in [3.8, 4) is 5.75 Å². The Bertz CT molecular complexity index is 1140. The van der Waals surface area contributed by atoms with Gasteiger partial charge >= 0.3 is 0 Å². The highest BCUT2D eigenvalue weighted by molar-refractivity contribution is 6.31. The number of anilines is 2. The topological polar surface area (TPSA) is 67.4 Å². The molecule has 3 rings (SSSR count). The average molecular weight is 455 g/mol. The third-order valence-electron chi connectivity index (χ3n) is 4.46. The highest BCUT2D eigenvalue weighted by Gasteiger charge is 2.15. The molecule has 0 atom stereocenters. The van der Waals surface area contributed by atoms with E-state index in [9.17, 15) is 9.59 Å². The Balaban J connectivity index is 1.77. The van der Waals surface area contributed by atoms with Crippen LogP contribution in [0.25, 0.3) is 6.08 Å². The van der Waals surface area contributed by atoms with Gasteiger partial charge in [-0.3, -0.25) is 9.59 Å². The highest BCUT2D eigenvalue weighted by atomic mass is 35.5. The molecule has 0 aliphatic heterocycles. The fourth-order valence-electron chi connectivity index (χ4n) is 2.83. The lowest BCUT2D eigenvalue weighted by molar-refractivity contribution is -0.111. The number of hydrogen-bond donors (Lipinski definition) is 2. The maximum absolute atomic E-state index is 12.9. The van der Waals surface area contributed by atoms with Crippen LogP contribution in [0.3, 0.4) is 0 Å². The molecule has 3 aromatic carbocycles. The summed E-state index contributed by atoms with van der Waals surface area (Å²) in [5, 5.41) is 6.72. The Kier molecular flexibility index (Phi) is 7.34. The van der Waals surface area contributed by atoms with Crippen molar-refractivity contribution in [1.29, 1.82) is 0 Å². The number of nitrogens with one attached hydrogen (secondary N) is 2. The van der Waals surface area contributed by atoms with Crippen LogP contribution >= 0.6 is 23.2 Å². The molecular weight excluding hydrogens is 435 g/mol. The molecule has 0 bridgehead atoms. The van der Waals surface area contributed by atoms with Crippen molar-refractivity contribution in [2.45, 2.75) is 6.92 Å². The van der Waals surface area contributed by atoms with Gasteiger partial charge in [0, 0.05) is 22.2 Å². The van der Waals surface area contributed by atoms with Crippen molar-refractivity contribution >= 4 is 52.5 Å². The standard InChI is InChI=1S/C24H20Cl2N2O3/c1-15-13-21(22(31-2)14-19(15)26)28-24(30)18-5-3-4-6-20(18)27-23(29)12-9-16-7-10-17(25)11-8-16/h3-14H,1-2H3,(H,27,29)(H,28,30). The summed E-state index contributed by atoms with van der Waals surface area (Å²) in [6.07, 6.45) is 3.05. The van der Waals surface area contributed by atoms with Gasteiger partial charge in [0.15, 0.2) is 0 Å². The third kappa shape index (κ3) is 5.87. The third-order valence-corrected chi connectivity index (χ3v) is 5.11. The molecule has 0 spiro atoms. The predicted molar refractivity (Wildman–Crippen MR) is 126 cm³/mol. The Morgan fingerprint density at radius 3 is 2.35 bits per heavy atom. The minimum absolute atomic E-state index is 0.311. The summed E-state index contributed by atoms with van der Waals surface area (Å²) in [6.45, 7) is 1.83. The summed E-state index contributed by atoms with van der Waals surface area (Å²) in [5.74, 6) is -0.316. The summed E-state index contributed by atoms with van der Waals surface area (Å²) < 4.78 is 5.31. The molecule has 2 amide bonds. The lowest BCUT2D eigenvalue weighted by atomic mass is 10.1. The monoisotopic (exact) mass is 454 g/mol. The summed E-state index contributed by atoms with van der Waals surface area (Å²) >= 11 is 12.0. The Morgan fingerprint density at radius 1 is 0.935 bits per heavy atom. The second kappa shape index (κ2) is 10.2. The van der Waals surface area contributed by atoms with Gasteiger partial charge in [0.1, 0.15) is 5.75 Å². The van der Waals surface area contributed by atoms with Crippen LogP contribution in [0.2, 0.25) is 10.0 Å². The molecule has 2 N–H and O–H groups in total. The summed E-state index contributed by atoms with van der Waals surface area (Å²) in [4.78, 5) is 25.3. The maximum atomic E-state index is 12.9. The van der Waals surface area contributed by atoms with Gasteiger partial charge < -0.3 is 15.4 Å². The number of para-hydroxylation sites is 1. The zero-order chi connectivity index (χ0) is 22.4. The van der Waals surface area contributed by atoms with Gasteiger partial charge in [-0.2, -0.15) is 0 Å². The van der Waals surface area contributed by atoms with E-state index in [2.05, 4.69) is 10.6 Å². The Hall–Kier alpha value is -3.28. The molecule has 0 aliphatic carbocycles. The molecule has 0 fully saturated rings. The van der Waals surface area contributed by atoms with Gasteiger partial charge in [0.25, 0.3) is 5.91 Å². The van der Waals surface area contributed by atoms with Crippen LogP contribution in [0.15, 0.2) is 66.7 Å². The number of amides is 2. The molecular formula is C24H20Cl2N2O3. The van der Waals surface area contributed by atoms with Gasteiger partial charge in [-0.15, -0.1) is 0 Å². The maximum Gasteiger partial charge on any atom is 0.257 e. The molecule has 0 heterocycles. The quantitative estimate of drug-likeness (QED) is 0.434. The minimum Gasteiger partial charge on any atom is -0.495 e. The number of methoxy groups -OCH3 is 1. The molecule has 0 radical (unpaired) electrons. The summed E-state index contributed by atoms with van der Waals surface area (Å²) in [5.41, 5.74) is 2.81. The van der Waals surface area contributed by atoms with Crippen LogP contribution in [0.5, 0.6) is 5.75 Å². The van der Waals surface area contributed by atoms with E-state index in [1.54, 1.807) is 66.7 Å². The lowest BCUT2D eigenvalue weighted by Gasteiger charge is -2.14. The fraction of sp³-hybridized carbons (Fsp3) is 0.0833. The Labute approximate surface area is 190 Å². The van der Waals surface area contributed by atoms with Crippen molar-refractivity contribution in [3.05, 3.63) is 93.5 Å². The van der Waals surface area contributed by atoms with Gasteiger partial charge in [-0.25, -0.2) is 0 Å². The SMILES string of the molecule is COc1cc(Cl)c(C)cc1NC(=O)c1ccccc1NC(=O)C=Cc1ccc(Cl)cc1. The van der Waals surface area contributed by atoms with E-state index in [0.717, 1.165) is 11.1 Å². The number of carbonyl (C=O) groups excluding carboxylic acids is 2. The fourth-order valence-corrected chi connectivity index (χ4v) is 3.11. The van der Waals surface area contributed by atoms with Gasteiger partial charge in [-0.05, 0) is 54.5 Å². The minimum atomic E-state index is -0.391. The first-order chi connectivity index (χ1) is 14.9. The summed E-state index contributed by atoms with van der Waals surface area (Å²) in [7, 11) is 1.50. The lowest BCUT2D eigenvalue weighted by Crippen LogP contribution is -2.17. The van der Waals surface area contributed by atoms with Crippen molar-refractivity contribution in [2.24, 2.45) is 0 Å². The number of hydrogen-bond acceptors (Lipinski definition) is 3. The van der Waals surface area contributed by atoms with Crippen molar-refractivity contribution in [3.63, 3.8) is 0 Å². The number of rotatable bonds is 6. The zero-order valence-electron chi connectivity index (χ0n) is 16.9. The van der Waals surface area contributed by atoms with E-state index >= 15 is 0 Å². The van der Waals surface area contributed by atoms with Crippen molar-refractivity contribution < 1.29 is 14.3 Å². The number of benzene rings is 3. The van der Waals surface area contributed by atoms with Crippen molar-refractivity contribution in [1.82, 2.24) is 0 Å². The number of halogens is 2. The highest BCUT2D eigenvalue weighted by Crippen LogP contribution is 2.31. The van der Waals surface area contributed by atoms with Crippen LogP contribution in [-0.4, -0.2) is 18.9 Å². The van der Waals surface area contributed by atoms with Crippen LogP contribution in [0.4, 0.5) is 11.4 Å². The van der Waals surface area contributed by atoms with Gasteiger partial charge in [-0.1, -0.05) is 47.5 Å². The predicted octanol–water partition coefficient (Wildman–Crippen LogP) is 6.21. The normalized spacial score (nSPS) is 10.7. The number of ether oxygens (including phenoxy) is 1. The molecule has 31 heavy (non-hydrogen) atoms. The van der Waals surface area contributed by atoms with E-state index in [1.165, 1.54) is 13.2 Å². The van der Waals surface area contributed by atoms with E-state index < -0.39 is 5.91 Å². The van der Waals surface area contributed by atoms with E-state index in [0.29, 0.717) is 32.7 Å². The second-order valence-corrected chi connectivity index (χ2v) is 7.52. The molecule has 5 nitrogen and oxygen atoms in total. The van der Waals surface area contributed by atoms with E-state index in [4.69, 9.17) is 27.9 Å². The van der Waals surface area contributed by atoms with Gasteiger partial charge in [0.05, 0.1) is 24.0 Å². The van der Waals surface area contributed by atoms with Crippen LogP contribution < -0.4 is 15.4 Å². The van der Waals surface area contributed by atoms with Crippen LogP contribution in [-0.2, 0) is 4.79 Å². The average Bonchev–Trinajstić information content (AvgIpc) is 2.76. The second-order valence-electron chi connectivity index (χ2n) is 6.68. The Morgan fingerprint density at radius 2 is 1.65 bits per heavy atom. The van der Waals surface area contributed by atoms with Crippen LogP contribution in [0, 0.1) is 6.92 Å². The first-order valence-corrected chi connectivity index (χ1v) is 10.1. The van der Waals surface area contributed by atoms with Gasteiger partial charge in [0.2, 0.25) is 5.91 Å². The largest absolute Gasteiger partial charge is 0.495 e. The first-order valence-electron chi connectivity index (χ1n) is 9.36. The molecule has 3 aromatic rings.